The van der Waals surface area contributed by atoms with Gasteiger partial charge in [-0.2, -0.15) is 26.3 Å². The first kappa shape index (κ1) is 17.4. The van der Waals surface area contributed by atoms with Crippen LogP contribution in [0.5, 0.6) is 0 Å². The topological polar surface area (TPSA) is 114 Å². The fourth-order valence-corrected chi connectivity index (χ4v) is 3.53. The summed E-state index contributed by atoms with van der Waals surface area (Å²) in [7, 11) is -13.6. The van der Waals surface area contributed by atoms with Crippen molar-refractivity contribution >= 4 is 31.5 Å². The second-order valence-corrected chi connectivity index (χ2v) is 7.10. The number of hydrogen-bond acceptors (Lipinski definition) is 6. The van der Waals surface area contributed by atoms with Gasteiger partial charge in [0.1, 0.15) is 0 Å². The lowest BCUT2D eigenvalue weighted by Crippen LogP contribution is -2.32. The smallest absolute Gasteiger partial charge is 0.287 e. The molecule has 0 atom stereocenters. The van der Waals surface area contributed by atoms with Crippen LogP contribution in [-0.4, -0.2) is 39.7 Å². The molecule has 0 radical (unpaired) electrons. The van der Waals surface area contributed by atoms with E-state index in [0.29, 0.717) is 0 Å². The van der Waals surface area contributed by atoms with E-state index in [4.69, 9.17) is 0 Å². The fraction of sp³-hybridized carbons (Fsp3) is 0.333. The Balaban J connectivity index is 3.89. The highest BCUT2D eigenvalue weighted by molar-refractivity contribution is 8.01. The summed E-state index contributed by atoms with van der Waals surface area (Å²) < 4.78 is 117. The highest BCUT2D eigenvalue weighted by Crippen LogP contribution is 2.39. The zero-order valence-electron chi connectivity index (χ0n) is 9.03. The molecular weight excluding hydrogens is 360 g/mol. The number of carbonyl (C=O) groups is 2. The van der Waals surface area contributed by atoms with Crippen molar-refractivity contribution in [2.75, 3.05) is 0 Å². The predicted molar refractivity (Wildman–Crippen MR) is 50.1 cm³/mol. The molecule has 0 saturated heterocycles. The van der Waals surface area contributed by atoms with Gasteiger partial charge in [0.05, 0.1) is 0 Å². The van der Waals surface area contributed by atoms with Gasteiger partial charge in [-0.05, 0) is 0 Å². The fourth-order valence-electron chi connectivity index (χ4n) is 1.14. The quantitative estimate of drug-likeness (QED) is 0.535. The van der Waals surface area contributed by atoms with Gasteiger partial charge < -0.3 is 0 Å². The molecule has 1 aliphatic heterocycles. The van der Waals surface area contributed by atoms with Crippen molar-refractivity contribution in [3.8, 4) is 0 Å². The van der Waals surface area contributed by atoms with Gasteiger partial charge in [-0.1, -0.05) is 0 Å². The lowest BCUT2D eigenvalue weighted by Gasteiger charge is -2.10. The molecule has 0 bridgehead atoms. The van der Waals surface area contributed by atoms with E-state index in [1.807, 2.05) is 0 Å². The number of alkyl halides is 6. The van der Waals surface area contributed by atoms with Crippen LogP contribution >= 0.6 is 0 Å². The molecule has 0 saturated carbocycles. The van der Waals surface area contributed by atoms with Gasteiger partial charge in [0.25, 0.3) is 31.5 Å². The molecule has 7 nitrogen and oxygen atoms in total. The third-order valence-corrected chi connectivity index (χ3v) is 5.19. The van der Waals surface area contributed by atoms with Crippen LogP contribution in [0.25, 0.3) is 0 Å². The Hall–Kier alpha value is -1.64. The second kappa shape index (κ2) is 4.43. The minimum absolute atomic E-state index is 0.763. The molecule has 0 fully saturated rings. The Bertz CT molecular complexity index is 691. The summed E-state index contributed by atoms with van der Waals surface area (Å²) in [5.41, 5.74) is -12.6. The number of nitrogens with one attached hydrogen (secondary N) is 1. The molecule has 1 rings (SSSR count). The van der Waals surface area contributed by atoms with Crippen molar-refractivity contribution < 1.29 is 52.8 Å². The van der Waals surface area contributed by atoms with Crippen molar-refractivity contribution in [2.24, 2.45) is 0 Å². The third kappa shape index (κ3) is 2.50. The predicted octanol–water partition coefficient (Wildman–Crippen LogP) is -0.276. The molecule has 1 heterocycles. The van der Waals surface area contributed by atoms with Crippen LogP contribution in [0, 0.1) is 0 Å². The average Bonchev–Trinajstić information content (AvgIpc) is 2.50. The van der Waals surface area contributed by atoms with Gasteiger partial charge in [-0.15, -0.1) is 0 Å². The van der Waals surface area contributed by atoms with Crippen LogP contribution < -0.4 is 5.32 Å². The molecule has 0 aromatic heterocycles. The largest absolute Gasteiger partial charge is 0.502 e. The van der Waals surface area contributed by atoms with E-state index in [0.717, 1.165) is 5.32 Å². The molecule has 1 N–H and O–H groups in total. The molecule has 0 aliphatic carbocycles. The van der Waals surface area contributed by atoms with Crippen LogP contribution in [0.15, 0.2) is 9.81 Å². The lowest BCUT2D eigenvalue weighted by molar-refractivity contribution is -0.124. The maximum Gasteiger partial charge on any atom is 0.502 e. The molecule has 0 aromatic carbocycles. The Kier molecular flexibility index (Phi) is 3.67. The van der Waals surface area contributed by atoms with Gasteiger partial charge in [0.2, 0.25) is 0 Å². The summed E-state index contributed by atoms with van der Waals surface area (Å²) in [6.07, 6.45) is 0. The van der Waals surface area contributed by atoms with Crippen molar-refractivity contribution in [1.29, 1.82) is 0 Å². The van der Waals surface area contributed by atoms with Gasteiger partial charge in [0.15, 0.2) is 9.81 Å². The average molecular weight is 361 g/mol. The van der Waals surface area contributed by atoms with Crippen LogP contribution in [-0.2, 0) is 29.3 Å². The summed E-state index contributed by atoms with van der Waals surface area (Å²) in [5.74, 6) is -4.83. The summed E-state index contributed by atoms with van der Waals surface area (Å²) in [6.45, 7) is 0. The summed E-state index contributed by atoms with van der Waals surface area (Å²) in [4.78, 5) is 16.3. The lowest BCUT2D eigenvalue weighted by atomic mass is 10.5. The summed E-state index contributed by atoms with van der Waals surface area (Å²) >= 11 is 0. The maximum atomic E-state index is 12.3. The molecule has 15 heteroatoms. The Morgan fingerprint density at radius 1 is 0.667 bits per heavy atom. The minimum Gasteiger partial charge on any atom is -0.287 e. The van der Waals surface area contributed by atoms with Gasteiger partial charge in [0, 0.05) is 0 Å². The minimum atomic E-state index is -6.78. The van der Waals surface area contributed by atoms with E-state index in [1.165, 1.54) is 0 Å². The zero-order valence-corrected chi connectivity index (χ0v) is 10.7. The molecule has 120 valence electrons. The second-order valence-electron chi connectivity index (χ2n) is 3.34. The third-order valence-electron chi connectivity index (χ3n) is 1.99. The highest BCUT2D eigenvalue weighted by Gasteiger charge is 2.61. The van der Waals surface area contributed by atoms with E-state index in [-0.39, 0.29) is 0 Å². The normalized spacial score (nSPS) is 18.2. The molecule has 1 aliphatic rings. The van der Waals surface area contributed by atoms with E-state index in [1.54, 1.807) is 0 Å². The Labute approximate surface area is 111 Å². The van der Waals surface area contributed by atoms with E-state index in [9.17, 15) is 52.8 Å². The molecule has 2 amide bonds. The Morgan fingerprint density at radius 2 is 0.905 bits per heavy atom. The van der Waals surface area contributed by atoms with Crippen LogP contribution in [0.3, 0.4) is 0 Å². The molecular formula is C6HF6NO6S2. The van der Waals surface area contributed by atoms with Crippen LogP contribution in [0.4, 0.5) is 26.3 Å². The number of amides is 2. The number of sulfone groups is 2. The SMILES string of the molecule is O=C1NC(=O)C(S(=O)(=O)C(F)(F)F)=C1S(=O)(=O)C(F)(F)F. The maximum absolute atomic E-state index is 12.3. The first-order chi connectivity index (χ1) is 9.05. The van der Waals surface area contributed by atoms with Crippen LogP contribution in [0.2, 0.25) is 0 Å². The van der Waals surface area contributed by atoms with E-state index in [2.05, 4.69) is 0 Å². The monoisotopic (exact) mass is 361 g/mol. The molecule has 0 unspecified atom stereocenters. The molecule has 0 spiro atoms. The number of halogens is 6. The van der Waals surface area contributed by atoms with Crippen molar-refractivity contribution in [3.05, 3.63) is 9.81 Å². The number of carbonyl (C=O) groups excluding carboxylic acids is 2. The number of hydrogen-bond donors (Lipinski definition) is 1. The molecule has 21 heavy (non-hydrogen) atoms. The van der Waals surface area contributed by atoms with Gasteiger partial charge in [-0.25, -0.2) is 16.8 Å². The van der Waals surface area contributed by atoms with Crippen molar-refractivity contribution in [3.63, 3.8) is 0 Å². The Morgan fingerprint density at radius 3 is 1.10 bits per heavy atom. The highest BCUT2D eigenvalue weighted by atomic mass is 32.2. The van der Waals surface area contributed by atoms with Crippen molar-refractivity contribution in [2.45, 2.75) is 11.0 Å². The first-order valence-corrected chi connectivity index (χ1v) is 7.24. The first-order valence-electron chi connectivity index (χ1n) is 4.28. The van der Waals surface area contributed by atoms with Gasteiger partial charge >= 0.3 is 11.0 Å². The number of rotatable bonds is 2. The van der Waals surface area contributed by atoms with E-state index < -0.39 is 52.3 Å². The zero-order chi connectivity index (χ0) is 17.0. The van der Waals surface area contributed by atoms with Gasteiger partial charge in [-0.3, -0.25) is 14.9 Å². The standard InChI is InChI=1S/C6HF6NO6S2/c7-5(8,9)20(16,17)1-2(4(15)13-3(1)14)21(18,19)6(10,11)12/h(H,13,14,15). The van der Waals surface area contributed by atoms with E-state index >= 15 is 0 Å². The van der Waals surface area contributed by atoms with Crippen LogP contribution in [0.1, 0.15) is 0 Å². The molecule has 0 aromatic rings. The van der Waals surface area contributed by atoms with Crippen molar-refractivity contribution in [1.82, 2.24) is 5.32 Å². The summed E-state index contributed by atoms with van der Waals surface area (Å²) in [5, 5.41) is 0.763. The summed E-state index contributed by atoms with van der Waals surface area (Å²) in [6, 6.07) is 0. The number of imide groups is 1.